The zero-order valence-electron chi connectivity index (χ0n) is 12.4. The lowest BCUT2D eigenvalue weighted by molar-refractivity contribution is 0.469. The summed E-state index contributed by atoms with van der Waals surface area (Å²) >= 11 is 5.92. The van der Waals surface area contributed by atoms with Crippen molar-refractivity contribution in [2.75, 3.05) is 5.73 Å². The first-order valence-electron chi connectivity index (χ1n) is 7.23. The van der Waals surface area contributed by atoms with E-state index in [1.807, 2.05) is 24.3 Å². The first kappa shape index (κ1) is 14.5. The standard InChI is InChI=1S/C18H12ClN3O2/c19-11-7-5-10(6-8-11)13-9-14(22-18(20)21-13)17-16(23)12-3-1-2-4-15(12)24-17/h1-9,23H,(H2,20,21,22). The lowest BCUT2D eigenvalue weighted by atomic mass is 10.1. The van der Waals surface area contributed by atoms with Crippen LogP contribution in [0, 0.1) is 0 Å². The number of nitrogen functional groups attached to an aromatic ring is 1. The molecule has 2 aromatic heterocycles. The minimum absolute atomic E-state index is 0.0331. The van der Waals surface area contributed by atoms with E-state index in [0.717, 1.165) is 5.56 Å². The van der Waals surface area contributed by atoms with E-state index < -0.39 is 0 Å². The van der Waals surface area contributed by atoms with Crippen LogP contribution < -0.4 is 5.73 Å². The molecule has 24 heavy (non-hydrogen) atoms. The van der Waals surface area contributed by atoms with Crippen LogP contribution in [-0.2, 0) is 0 Å². The summed E-state index contributed by atoms with van der Waals surface area (Å²) in [5, 5.41) is 11.7. The topological polar surface area (TPSA) is 85.2 Å². The molecule has 2 aromatic carbocycles. The van der Waals surface area contributed by atoms with E-state index in [-0.39, 0.29) is 17.5 Å². The molecule has 0 bridgehead atoms. The van der Waals surface area contributed by atoms with Gasteiger partial charge in [0.1, 0.15) is 11.3 Å². The Balaban J connectivity index is 1.89. The van der Waals surface area contributed by atoms with Crippen LogP contribution in [0.25, 0.3) is 33.7 Å². The lowest BCUT2D eigenvalue weighted by Crippen LogP contribution is -1.98. The molecule has 4 rings (SSSR count). The first-order valence-corrected chi connectivity index (χ1v) is 7.61. The van der Waals surface area contributed by atoms with Crippen LogP contribution in [-0.4, -0.2) is 15.1 Å². The van der Waals surface area contributed by atoms with Crippen LogP contribution in [0.5, 0.6) is 5.75 Å². The predicted molar refractivity (Wildman–Crippen MR) is 93.8 cm³/mol. The molecule has 0 unspecified atom stereocenters. The summed E-state index contributed by atoms with van der Waals surface area (Å²) in [5.41, 5.74) is 8.29. The van der Waals surface area contributed by atoms with Gasteiger partial charge in [0.25, 0.3) is 0 Å². The fourth-order valence-electron chi connectivity index (χ4n) is 2.56. The van der Waals surface area contributed by atoms with Crippen LogP contribution in [0.15, 0.2) is 59.0 Å². The third-order valence-electron chi connectivity index (χ3n) is 3.69. The number of furan rings is 1. The fourth-order valence-corrected chi connectivity index (χ4v) is 2.68. The Labute approximate surface area is 142 Å². The molecule has 5 nitrogen and oxygen atoms in total. The number of benzene rings is 2. The van der Waals surface area contributed by atoms with Crippen molar-refractivity contribution < 1.29 is 9.52 Å². The van der Waals surface area contributed by atoms with E-state index in [4.69, 9.17) is 21.8 Å². The third-order valence-corrected chi connectivity index (χ3v) is 3.94. The summed E-state index contributed by atoms with van der Waals surface area (Å²) in [4.78, 5) is 8.43. The van der Waals surface area contributed by atoms with Crippen LogP contribution in [0.2, 0.25) is 5.02 Å². The monoisotopic (exact) mass is 337 g/mol. The van der Waals surface area contributed by atoms with Gasteiger partial charge < -0.3 is 15.3 Å². The molecule has 6 heteroatoms. The summed E-state index contributed by atoms with van der Waals surface area (Å²) in [6, 6.07) is 16.2. The first-order chi connectivity index (χ1) is 11.6. The molecule has 2 heterocycles. The highest BCUT2D eigenvalue weighted by Gasteiger charge is 2.17. The summed E-state index contributed by atoms with van der Waals surface area (Å²) in [6.07, 6.45) is 0. The number of nitrogens with zero attached hydrogens (tertiary/aromatic N) is 2. The van der Waals surface area contributed by atoms with Crippen molar-refractivity contribution in [3.8, 4) is 28.5 Å². The fraction of sp³-hybridized carbons (Fsp3) is 0. The van der Waals surface area contributed by atoms with Gasteiger partial charge in [-0.15, -0.1) is 0 Å². The van der Waals surface area contributed by atoms with Crippen LogP contribution in [0.1, 0.15) is 0 Å². The second kappa shape index (κ2) is 5.54. The van der Waals surface area contributed by atoms with Crippen molar-refractivity contribution in [2.45, 2.75) is 0 Å². The van der Waals surface area contributed by atoms with Gasteiger partial charge in [-0.25, -0.2) is 9.97 Å². The molecule has 0 aliphatic heterocycles. The van der Waals surface area contributed by atoms with Crippen molar-refractivity contribution in [2.24, 2.45) is 0 Å². The smallest absolute Gasteiger partial charge is 0.221 e. The largest absolute Gasteiger partial charge is 0.504 e. The number of rotatable bonds is 2. The second-order valence-corrected chi connectivity index (χ2v) is 5.72. The van der Waals surface area contributed by atoms with E-state index in [1.54, 1.807) is 30.3 Å². The Morgan fingerprint density at radius 1 is 0.958 bits per heavy atom. The highest BCUT2D eigenvalue weighted by atomic mass is 35.5. The van der Waals surface area contributed by atoms with Crippen LogP contribution >= 0.6 is 11.6 Å². The summed E-state index contributed by atoms with van der Waals surface area (Å²) < 4.78 is 5.73. The normalized spacial score (nSPS) is 11.0. The number of anilines is 1. The Morgan fingerprint density at radius 2 is 1.67 bits per heavy atom. The molecular formula is C18H12ClN3O2. The van der Waals surface area contributed by atoms with Crippen molar-refractivity contribution in [1.29, 1.82) is 0 Å². The second-order valence-electron chi connectivity index (χ2n) is 5.28. The van der Waals surface area contributed by atoms with Gasteiger partial charge in [-0.05, 0) is 30.3 Å². The molecule has 0 radical (unpaired) electrons. The Hall–Kier alpha value is -3.05. The molecular weight excluding hydrogens is 326 g/mol. The number of fused-ring (bicyclic) bond motifs is 1. The number of aromatic hydroxyl groups is 1. The predicted octanol–water partition coefficient (Wildman–Crippen LogP) is 4.50. The molecule has 0 spiro atoms. The van der Waals surface area contributed by atoms with Crippen LogP contribution in [0.3, 0.4) is 0 Å². The molecule has 0 aliphatic carbocycles. The average Bonchev–Trinajstić information content (AvgIpc) is 2.92. The maximum atomic E-state index is 10.4. The average molecular weight is 338 g/mol. The number of hydrogen-bond donors (Lipinski definition) is 2. The quantitative estimate of drug-likeness (QED) is 0.562. The minimum Gasteiger partial charge on any atom is -0.504 e. The zero-order valence-corrected chi connectivity index (χ0v) is 13.2. The summed E-state index contributed by atoms with van der Waals surface area (Å²) in [6.45, 7) is 0. The highest BCUT2D eigenvalue weighted by molar-refractivity contribution is 6.30. The number of para-hydroxylation sites is 1. The molecule has 3 N–H and O–H groups in total. The molecule has 118 valence electrons. The van der Waals surface area contributed by atoms with E-state index in [0.29, 0.717) is 27.4 Å². The van der Waals surface area contributed by atoms with E-state index in [9.17, 15) is 5.11 Å². The van der Waals surface area contributed by atoms with Gasteiger partial charge in [-0.1, -0.05) is 35.9 Å². The maximum Gasteiger partial charge on any atom is 0.221 e. The van der Waals surface area contributed by atoms with Crippen molar-refractivity contribution in [3.05, 3.63) is 59.6 Å². The van der Waals surface area contributed by atoms with E-state index in [1.165, 1.54) is 0 Å². The molecule has 4 aromatic rings. The van der Waals surface area contributed by atoms with Gasteiger partial charge in [0, 0.05) is 10.6 Å². The van der Waals surface area contributed by atoms with Gasteiger partial charge in [0.05, 0.1) is 11.1 Å². The molecule has 0 amide bonds. The zero-order chi connectivity index (χ0) is 16.7. The maximum absolute atomic E-state index is 10.4. The summed E-state index contributed by atoms with van der Waals surface area (Å²) in [5.74, 6) is 0.392. The van der Waals surface area contributed by atoms with Crippen LogP contribution in [0.4, 0.5) is 5.95 Å². The number of nitrogens with two attached hydrogens (primary N) is 1. The van der Waals surface area contributed by atoms with Crippen molar-refractivity contribution in [3.63, 3.8) is 0 Å². The SMILES string of the molecule is Nc1nc(-c2ccc(Cl)cc2)cc(-c2oc3ccccc3c2O)n1. The molecule has 0 saturated heterocycles. The van der Waals surface area contributed by atoms with Gasteiger partial charge in [-0.2, -0.15) is 0 Å². The van der Waals surface area contributed by atoms with Crippen molar-refractivity contribution >= 4 is 28.5 Å². The molecule has 0 fully saturated rings. The number of halogens is 1. The third kappa shape index (κ3) is 2.45. The molecule has 0 saturated carbocycles. The van der Waals surface area contributed by atoms with Gasteiger partial charge in [0.15, 0.2) is 11.5 Å². The number of hydrogen-bond acceptors (Lipinski definition) is 5. The number of aromatic nitrogens is 2. The Bertz CT molecular complexity index is 1040. The Kier molecular flexibility index (Phi) is 3.36. The minimum atomic E-state index is 0.0331. The highest BCUT2D eigenvalue weighted by Crippen LogP contribution is 2.39. The van der Waals surface area contributed by atoms with Crippen molar-refractivity contribution in [1.82, 2.24) is 9.97 Å². The molecule has 0 atom stereocenters. The van der Waals surface area contributed by atoms with E-state index >= 15 is 0 Å². The van der Waals surface area contributed by atoms with Gasteiger partial charge >= 0.3 is 0 Å². The van der Waals surface area contributed by atoms with Gasteiger partial charge in [0.2, 0.25) is 5.95 Å². The molecule has 0 aliphatic rings. The van der Waals surface area contributed by atoms with E-state index in [2.05, 4.69) is 9.97 Å². The Morgan fingerprint density at radius 3 is 2.42 bits per heavy atom. The lowest BCUT2D eigenvalue weighted by Gasteiger charge is -2.05. The summed E-state index contributed by atoms with van der Waals surface area (Å²) in [7, 11) is 0. The van der Waals surface area contributed by atoms with Gasteiger partial charge in [-0.3, -0.25) is 0 Å².